The van der Waals surface area contributed by atoms with Gasteiger partial charge >= 0.3 is 0 Å². The van der Waals surface area contributed by atoms with E-state index in [0.29, 0.717) is 31.1 Å². The Morgan fingerprint density at radius 2 is 1.90 bits per heavy atom. The van der Waals surface area contributed by atoms with Gasteiger partial charge < -0.3 is 31.2 Å². The van der Waals surface area contributed by atoms with Crippen LogP contribution in [0.25, 0.3) is 0 Å². The van der Waals surface area contributed by atoms with E-state index >= 15 is 0 Å². The van der Waals surface area contributed by atoms with E-state index in [0.717, 1.165) is 5.56 Å². The summed E-state index contributed by atoms with van der Waals surface area (Å²) in [6.45, 7) is 7.04. The number of anilines is 1. The van der Waals surface area contributed by atoms with Gasteiger partial charge in [-0.1, -0.05) is 6.07 Å². The highest BCUT2D eigenvalue weighted by Gasteiger charge is 2.16. The van der Waals surface area contributed by atoms with Crippen LogP contribution >= 0.6 is 12.4 Å². The van der Waals surface area contributed by atoms with Crippen molar-refractivity contribution in [3.8, 4) is 11.5 Å². The minimum absolute atomic E-state index is 0. The summed E-state index contributed by atoms with van der Waals surface area (Å²) in [4.78, 5) is 23.7. The number of benzene rings is 1. The van der Waals surface area contributed by atoms with Gasteiger partial charge in [0.25, 0.3) is 11.8 Å². The summed E-state index contributed by atoms with van der Waals surface area (Å²) in [5, 5.41) is 15.5. The first kappa shape index (κ1) is 26.0. The zero-order valence-corrected chi connectivity index (χ0v) is 18.8. The Kier molecular flexibility index (Phi) is 10.0. The zero-order valence-electron chi connectivity index (χ0n) is 18.0. The molecule has 5 N–H and O–H groups in total. The molecule has 0 aliphatic rings. The van der Waals surface area contributed by atoms with Gasteiger partial charge in [-0.15, -0.1) is 12.4 Å². The van der Waals surface area contributed by atoms with Crippen LogP contribution in [-0.4, -0.2) is 54.5 Å². The quantitative estimate of drug-likeness (QED) is 0.381. The van der Waals surface area contributed by atoms with E-state index in [9.17, 15) is 9.59 Å². The standard InChI is InChI=1S/C19H28N6O5.ClH/c1-19(2,3)23-15(26)11-29-13-6-5-12(9-14(13)28-4)10-21-7-8-22-18(27)16-17(20)25-30-24-16;/h5-6,9,21H,7-8,10-11H2,1-4H3,(H2,20,25)(H,22,27)(H,23,26);1H. The van der Waals surface area contributed by atoms with Crippen molar-refractivity contribution in [3.05, 3.63) is 29.5 Å². The summed E-state index contributed by atoms with van der Waals surface area (Å²) >= 11 is 0. The first-order valence-electron chi connectivity index (χ1n) is 9.37. The Morgan fingerprint density at radius 1 is 1.16 bits per heavy atom. The van der Waals surface area contributed by atoms with Crippen LogP contribution in [-0.2, 0) is 11.3 Å². The molecule has 0 aliphatic carbocycles. The average molecular weight is 457 g/mol. The third-order valence-corrected chi connectivity index (χ3v) is 3.75. The second-order valence-corrected chi connectivity index (χ2v) is 7.50. The molecule has 0 aliphatic heterocycles. The van der Waals surface area contributed by atoms with Crippen molar-refractivity contribution in [2.45, 2.75) is 32.9 Å². The van der Waals surface area contributed by atoms with Crippen molar-refractivity contribution < 1.29 is 23.7 Å². The van der Waals surface area contributed by atoms with Crippen LogP contribution in [0.1, 0.15) is 36.8 Å². The van der Waals surface area contributed by atoms with E-state index in [2.05, 4.69) is 30.9 Å². The first-order valence-corrected chi connectivity index (χ1v) is 9.37. The maximum atomic E-state index is 11.9. The number of amides is 2. The van der Waals surface area contributed by atoms with E-state index < -0.39 is 5.91 Å². The third-order valence-electron chi connectivity index (χ3n) is 3.75. The van der Waals surface area contributed by atoms with E-state index in [1.165, 1.54) is 7.11 Å². The number of carbonyl (C=O) groups excluding carboxylic acids is 2. The first-order chi connectivity index (χ1) is 14.2. The minimum atomic E-state index is -0.450. The molecule has 2 aromatic rings. The Morgan fingerprint density at radius 3 is 2.52 bits per heavy atom. The summed E-state index contributed by atoms with van der Waals surface area (Å²) in [6, 6.07) is 5.44. The van der Waals surface area contributed by atoms with E-state index in [4.69, 9.17) is 15.2 Å². The molecule has 0 spiro atoms. The number of nitrogens with zero attached hydrogens (tertiary/aromatic N) is 2. The van der Waals surface area contributed by atoms with Crippen LogP contribution in [0.15, 0.2) is 22.8 Å². The van der Waals surface area contributed by atoms with Gasteiger partial charge in [0.05, 0.1) is 7.11 Å². The number of halogens is 1. The van der Waals surface area contributed by atoms with Crippen LogP contribution in [0.4, 0.5) is 5.82 Å². The number of nitrogen functional groups attached to an aromatic ring is 1. The molecule has 172 valence electrons. The van der Waals surface area contributed by atoms with Crippen LogP contribution in [0, 0.1) is 0 Å². The highest BCUT2D eigenvalue weighted by Crippen LogP contribution is 2.28. The molecule has 0 bridgehead atoms. The monoisotopic (exact) mass is 456 g/mol. The van der Waals surface area contributed by atoms with Gasteiger partial charge in [0, 0.05) is 25.2 Å². The minimum Gasteiger partial charge on any atom is -0.493 e. The molecule has 2 amide bonds. The van der Waals surface area contributed by atoms with Gasteiger partial charge in [-0.25, -0.2) is 4.63 Å². The molecule has 11 nitrogen and oxygen atoms in total. The van der Waals surface area contributed by atoms with Gasteiger partial charge in [0.2, 0.25) is 11.5 Å². The Balaban J connectivity index is 0.00000480. The van der Waals surface area contributed by atoms with Crippen molar-refractivity contribution in [2.75, 3.05) is 32.5 Å². The number of ether oxygens (including phenoxy) is 2. The molecule has 1 aromatic heterocycles. The lowest BCUT2D eigenvalue weighted by atomic mass is 10.1. The van der Waals surface area contributed by atoms with E-state index in [-0.39, 0.29) is 42.0 Å². The lowest BCUT2D eigenvalue weighted by molar-refractivity contribution is -0.124. The molecule has 0 atom stereocenters. The average Bonchev–Trinajstić information content (AvgIpc) is 3.11. The van der Waals surface area contributed by atoms with Gasteiger partial charge in [-0.05, 0) is 48.8 Å². The molecule has 1 heterocycles. The van der Waals surface area contributed by atoms with Gasteiger partial charge in [0.1, 0.15) is 0 Å². The maximum absolute atomic E-state index is 11.9. The Hall–Kier alpha value is -3.05. The molecule has 1 aromatic carbocycles. The third kappa shape index (κ3) is 8.69. The van der Waals surface area contributed by atoms with Crippen molar-refractivity contribution in [1.29, 1.82) is 0 Å². The lowest BCUT2D eigenvalue weighted by Crippen LogP contribution is -2.43. The second-order valence-electron chi connectivity index (χ2n) is 7.50. The van der Waals surface area contributed by atoms with Crippen molar-refractivity contribution in [3.63, 3.8) is 0 Å². The summed E-state index contributed by atoms with van der Waals surface area (Å²) in [7, 11) is 1.54. The fraction of sp³-hybridized carbons (Fsp3) is 0.474. The smallest absolute Gasteiger partial charge is 0.277 e. The number of hydrogen-bond donors (Lipinski definition) is 4. The van der Waals surface area contributed by atoms with Gasteiger partial charge in [0.15, 0.2) is 18.1 Å². The highest BCUT2D eigenvalue weighted by atomic mass is 35.5. The fourth-order valence-electron chi connectivity index (χ4n) is 2.47. The van der Waals surface area contributed by atoms with Crippen LogP contribution < -0.4 is 31.2 Å². The Labute approximate surface area is 186 Å². The topological polar surface area (TPSA) is 154 Å². The van der Waals surface area contributed by atoms with Crippen LogP contribution in [0.2, 0.25) is 0 Å². The van der Waals surface area contributed by atoms with Crippen molar-refractivity contribution in [1.82, 2.24) is 26.3 Å². The van der Waals surface area contributed by atoms with Crippen LogP contribution in [0.3, 0.4) is 0 Å². The van der Waals surface area contributed by atoms with E-state index in [1.54, 1.807) is 6.07 Å². The van der Waals surface area contributed by atoms with Crippen LogP contribution in [0.5, 0.6) is 11.5 Å². The van der Waals surface area contributed by atoms with Crippen molar-refractivity contribution >= 4 is 30.0 Å². The zero-order chi connectivity index (χ0) is 22.1. The summed E-state index contributed by atoms with van der Waals surface area (Å²) in [5.74, 6) is 0.303. The number of aromatic nitrogens is 2. The molecular formula is C19H29ClN6O5. The number of rotatable bonds is 10. The summed E-state index contributed by atoms with van der Waals surface area (Å²) in [6.07, 6.45) is 0. The summed E-state index contributed by atoms with van der Waals surface area (Å²) in [5.41, 5.74) is 6.06. The molecule has 2 rings (SSSR count). The molecule has 0 radical (unpaired) electrons. The Bertz CT molecular complexity index is 868. The molecule has 31 heavy (non-hydrogen) atoms. The molecule has 0 fully saturated rings. The molecule has 0 unspecified atom stereocenters. The molecule has 12 heteroatoms. The number of carbonyl (C=O) groups is 2. The lowest BCUT2D eigenvalue weighted by Gasteiger charge is -2.20. The molecule has 0 saturated carbocycles. The van der Waals surface area contributed by atoms with Crippen molar-refractivity contribution in [2.24, 2.45) is 0 Å². The normalized spacial score (nSPS) is 10.7. The molecule has 0 saturated heterocycles. The number of hydrogen-bond acceptors (Lipinski definition) is 9. The number of methoxy groups -OCH3 is 1. The SMILES string of the molecule is COc1cc(CNCCNC(=O)c2nonc2N)ccc1OCC(=O)NC(C)(C)C.Cl. The van der Waals surface area contributed by atoms with Gasteiger partial charge in [-0.2, -0.15) is 0 Å². The highest BCUT2D eigenvalue weighted by molar-refractivity contribution is 5.95. The summed E-state index contributed by atoms with van der Waals surface area (Å²) < 4.78 is 15.3. The predicted molar refractivity (Wildman–Crippen MR) is 116 cm³/mol. The largest absolute Gasteiger partial charge is 0.493 e. The van der Waals surface area contributed by atoms with Gasteiger partial charge in [-0.3, -0.25) is 9.59 Å². The molecular weight excluding hydrogens is 428 g/mol. The maximum Gasteiger partial charge on any atom is 0.277 e. The van der Waals surface area contributed by atoms with E-state index in [1.807, 2.05) is 32.9 Å². The number of nitrogens with two attached hydrogens (primary N) is 1. The second kappa shape index (κ2) is 12.0. The fourth-order valence-corrected chi connectivity index (χ4v) is 2.47. The number of nitrogens with one attached hydrogen (secondary N) is 3. The predicted octanol–water partition coefficient (Wildman–Crippen LogP) is 0.895.